The second-order valence-electron chi connectivity index (χ2n) is 5.16. The Morgan fingerprint density at radius 3 is 2.84 bits per heavy atom. The van der Waals surface area contributed by atoms with Gasteiger partial charge >= 0.3 is 0 Å². The Morgan fingerprint density at radius 2 is 2.11 bits per heavy atom. The van der Waals surface area contributed by atoms with Gasteiger partial charge in [0, 0.05) is 13.0 Å². The summed E-state index contributed by atoms with van der Waals surface area (Å²) in [4.78, 5) is 0. The number of hydrogen-bond donors (Lipinski definition) is 0. The molecule has 3 rings (SSSR count). The second kappa shape index (κ2) is 5.32. The van der Waals surface area contributed by atoms with E-state index < -0.39 is 0 Å². The Morgan fingerprint density at radius 1 is 1.32 bits per heavy atom. The maximum Gasteiger partial charge on any atom is 0.105 e. The highest BCUT2D eigenvalue weighted by molar-refractivity contribution is 5.70. The average Bonchev–Trinajstić information content (AvgIpc) is 2.44. The van der Waals surface area contributed by atoms with Crippen molar-refractivity contribution in [2.45, 2.75) is 38.1 Å². The highest BCUT2D eigenvalue weighted by Gasteiger charge is 2.38. The minimum Gasteiger partial charge on any atom is -0.371 e. The van der Waals surface area contributed by atoms with E-state index in [2.05, 4.69) is 36.9 Å². The molecule has 0 radical (unpaired) electrons. The Labute approximate surface area is 114 Å². The SMILES string of the molecule is C=C1C[C@@H]2O[C@@H](CC=C2c2ccccc2)[C@H]1OCC. The van der Waals surface area contributed by atoms with Crippen molar-refractivity contribution < 1.29 is 9.47 Å². The van der Waals surface area contributed by atoms with Crippen LogP contribution in [-0.2, 0) is 9.47 Å². The van der Waals surface area contributed by atoms with Crippen LogP contribution in [0.4, 0.5) is 0 Å². The van der Waals surface area contributed by atoms with E-state index in [0.29, 0.717) is 6.61 Å². The topological polar surface area (TPSA) is 18.5 Å². The quantitative estimate of drug-likeness (QED) is 0.769. The molecular formula is C17H20O2. The van der Waals surface area contributed by atoms with Crippen LogP contribution < -0.4 is 0 Å². The van der Waals surface area contributed by atoms with Crippen LogP contribution in [0, 0.1) is 0 Å². The van der Waals surface area contributed by atoms with Gasteiger partial charge in [-0.25, -0.2) is 0 Å². The molecule has 2 heteroatoms. The number of benzene rings is 1. The van der Waals surface area contributed by atoms with Gasteiger partial charge in [0.05, 0.1) is 12.2 Å². The molecule has 0 aromatic heterocycles. The lowest BCUT2D eigenvalue weighted by atomic mass is 9.84. The van der Waals surface area contributed by atoms with E-state index in [0.717, 1.165) is 12.8 Å². The normalized spacial score (nSPS) is 30.1. The molecule has 0 spiro atoms. The number of hydrogen-bond acceptors (Lipinski definition) is 2. The molecule has 1 aromatic carbocycles. The smallest absolute Gasteiger partial charge is 0.105 e. The Balaban J connectivity index is 1.85. The van der Waals surface area contributed by atoms with Crippen LogP contribution in [0.3, 0.4) is 0 Å². The van der Waals surface area contributed by atoms with Crippen molar-refractivity contribution in [1.82, 2.24) is 0 Å². The third-order valence-electron chi connectivity index (χ3n) is 3.90. The van der Waals surface area contributed by atoms with E-state index in [9.17, 15) is 0 Å². The van der Waals surface area contributed by atoms with Gasteiger partial charge in [0.2, 0.25) is 0 Å². The summed E-state index contributed by atoms with van der Waals surface area (Å²) in [5.74, 6) is 0. The van der Waals surface area contributed by atoms with Crippen LogP contribution >= 0.6 is 0 Å². The van der Waals surface area contributed by atoms with Gasteiger partial charge in [0.1, 0.15) is 6.10 Å². The van der Waals surface area contributed by atoms with Gasteiger partial charge in [-0.2, -0.15) is 0 Å². The summed E-state index contributed by atoms with van der Waals surface area (Å²) in [6, 6.07) is 10.5. The monoisotopic (exact) mass is 256 g/mol. The third-order valence-corrected chi connectivity index (χ3v) is 3.90. The van der Waals surface area contributed by atoms with E-state index in [-0.39, 0.29) is 18.3 Å². The van der Waals surface area contributed by atoms with Crippen LogP contribution in [0.1, 0.15) is 25.3 Å². The van der Waals surface area contributed by atoms with Crippen molar-refractivity contribution in [3.05, 3.63) is 54.1 Å². The molecule has 19 heavy (non-hydrogen) atoms. The lowest BCUT2D eigenvalue weighted by Gasteiger charge is -2.41. The van der Waals surface area contributed by atoms with Crippen molar-refractivity contribution >= 4 is 5.57 Å². The first kappa shape index (κ1) is 12.6. The van der Waals surface area contributed by atoms with E-state index in [4.69, 9.17) is 9.47 Å². The molecule has 2 aliphatic rings. The number of ether oxygens (including phenoxy) is 2. The molecule has 0 N–H and O–H groups in total. The number of rotatable bonds is 3. The fourth-order valence-electron chi connectivity index (χ4n) is 3.02. The molecule has 1 saturated heterocycles. The van der Waals surface area contributed by atoms with Gasteiger partial charge in [-0.15, -0.1) is 0 Å². The van der Waals surface area contributed by atoms with Gasteiger partial charge in [0.25, 0.3) is 0 Å². The molecule has 2 nitrogen and oxygen atoms in total. The lowest BCUT2D eigenvalue weighted by Crippen LogP contribution is -2.44. The van der Waals surface area contributed by atoms with E-state index in [1.54, 1.807) is 0 Å². The fourth-order valence-corrected chi connectivity index (χ4v) is 3.02. The molecular weight excluding hydrogens is 236 g/mol. The van der Waals surface area contributed by atoms with Crippen LogP contribution in [0.2, 0.25) is 0 Å². The van der Waals surface area contributed by atoms with E-state index >= 15 is 0 Å². The molecule has 0 aliphatic carbocycles. The molecule has 1 aromatic rings. The maximum absolute atomic E-state index is 6.17. The Kier molecular flexibility index (Phi) is 3.54. The van der Waals surface area contributed by atoms with Gasteiger partial charge in [-0.3, -0.25) is 0 Å². The van der Waals surface area contributed by atoms with E-state index in [1.807, 2.05) is 13.0 Å². The zero-order chi connectivity index (χ0) is 13.2. The Hall–Kier alpha value is -1.38. The van der Waals surface area contributed by atoms with Crippen molar-refractivity contribution in [2.75, 3.05) is 6.61 Å². The molecule has 100 valence electrons. The molecule has 0 saturated carbocycles. The van der Waals surface area contributed by atoms with Crippen molar-refractivity contribution in [2.24, 2.45) is 0 Å². The second-order valence-corrected chi connectivity index (χ2v) is 5.16. The summed E-state index contributed by atoms with van der Waals surface area (Å²) in [6.45, 7) is 6.93. The fraction of sp³-hybridized carbons (Fsp3) is 0.412. The summed E-state index contributed by atoms with van der Waals surface area (Å²) in [5, 5.41) is 0. The largest absolute Gasteiger partial charge is 0.371 e. The predicted octanol–water partition coefficient (Wildman–Crippen LogP) is 3.59. The highest BCUT2D eigenvalue weighted by Crippen LogP contribution is 2.38. The summed E-state index contributed by atoms with van der Waals surface area (Å²) < 4.78 is 11.9. The van der Waals surface area contributed by atoms with Gasteiger partial charge in [-0.1, -0.05) is 43.0 Å². The zero-order valence-electron chi connectivity index (χ0n) is 11.3. The van der Waals surface area contributed by atoms with E-state index in [1.165, 1.54) is 16.7 Å². The lowest BCUT2D eigenvalue weighted by molar-refractivity contribution is -0.0969. The first-order valence-corrected chi connectivity index (χ1v) is 6.99. The summed E-state index contributed by atoms with van der Waals surface area (Å²) >= 11 is 0. The highest BCUT2D eigenvalue weighted by atomic mass is 16.5. The van der Waals surface area contributed by atoms with Gasteiger partial charge < -0.3 is 9.47 Å². The Bertz CT molecular complexity index is 489. The summed E-state index contributed by atoms with van der Waals surface area (Å²) in [7, 11) is 0. The maximum atomic E-state index is 6.17. The molecule has 3 atom stereocenters. The molecule has 2 aliphatic heterocycles. The first-order valence-electron chi connectivity index (χ1n) is 6.99. The average molecular weight is 256 g/mol. The molecule has 2 heterocycles. The van der Waals surface area contributed by atoms with Crippen LogP contribution in [0.5, 0.6) is 0 Å². The van der Waals surface area contributed by atoms with Crippen LogP contribution in [-0.4, -0.2) is 24.9 Å². The van der Waals surface area contributed by atoms with Crippen LogP contribution in [0.25, 0.3) is 5.57 Å². The molecule has 2 bridgehead atoms. The minimum atomic E-state index is 0.0647. The zero-order valence-corrected chi connectivity index (χ0v) is 11.3. The van der Waals surface area contributed by atoms with Gasteiger partial charge in [-0.05, 0) is 30.1 Å². The molecule has 0 amide bonds. The standard InChI is InChI=1S/C17H20O2/c1-3-18-17-12(2)11-16-14(9-10-15(17)19-16)13-7-5-4-6-8-13/h4-9,15-17H,2-3,10-11H2,1H3/t15-,16-,17-/m0/s1. The predicted molar refractivity (Wildman–Crippen MR) is 76.9 cm³/mol. The summed E-state index contributed by atoms with van der Waals surface area (Å²) in [6.07, 6.45) is 4.43. The van der Waals surface area contributed by atoms with Crippen LogP contribution in [0.15, 0.2) is 48.6 Å². The summed E-state index contributed by atoms with van der Waals surface area (Å²) in [5.41, 5.74) is 3.73. The third kappa shape index (κ3) is 2.38. The van der Waals surface area contributed by atoms with Crippen molar-refractivity contribution in [3.8, 4) is 0 Å². The minimum absolute atomic E-state index is 0.0647. The number of fused-ring (bicyclic) bond motifs is 2. The van der Waals surface area contributed by atoms with Crippen molar-refractivity contribution in [1.29, 1.82) is 0 Å². The molecule has 0 unspecified atom stereocenters. The van der Waals surface area contributed by atoms with Gasteiger partial charge in [0.15, 0.2) is 0 Å². The van der Waals surface area contributed by atoms with Crippen molar-refractivity contribution in [3.63, 3.8) is 0 Å². The first-order chi connectivity index (χ1) is 9.29. The molecule has 1 fully saturated rings.